The van der Waals surface area contributed by atoms with E-state index in [0.29, 0.717) is 6.54 Å². The molecule has 1 aromatic rings. The van der Waals surface area contributed by atoms with Gasteiger partial charge >= 0.3 is 0 Å². The normalized spacial score (nSPS) is 19.6. The third kappa shape index (κ3) is 1.88. The molecule has 0 bridgehead atoms. The molecule has 1 unspecified atom stereocenters. The Labute approximate surface area is 89.7 Å². The first kappa shape index (κ1) is 10.2. The molecule has 80 valence electrons. The number of hydrogen-bond donors (Lipinski definition) is 2. The summed E-state index contributed by atoms with van der Waals surface area (Å²) in [7, 11) is 0. The van der Waals surface area contributed by atoms with Crippen molar-refractivity contribution in [3.8, 4) is 0 Å². The van der Waals surface area contributed by atoms with Crippen molar-refractivity contribution < 1.29 is 4.79 Å². The molecular weight excluding hydrogens is 188 g/mol. The highest BCUT2D eigenvalue weighted by Gasteiger charge is 2.22. The monoisotopic (exact) mass is 204 g/mol. The van der Waals surface area contributed by atoms with Crippen molar-refractivity contribution in [2.45, 2.75) is 25.8 Å². The van der Waals surface area contributed by atoms with Crippen LogP contribution in [0.2, 0.25) is 0 Å². The van der Waals surface area contributed by atoms with Gasteiger partial charge in [-0.3, -0.25) is 4.79 Å². The van der Waals surface area contributed by atoms with Gasteiger partial charge in [-0.05, 0) is 30.0 Å². The molecule has 0 fully saturated rings. The van der Waals surface area contributed by atoms with Crippen LogP contribution >= 0.6 is 0 Å². The van der Waals surface area contributed by atoms with E-state index in [9.17, 15) is 4.79 Å². The predicted molar refractivity (Wildman–Crippen MR) is 59.8 cm³/mol. The molecule has 0 aliphatic carbocycles. The van der Waals surface area contributed by atoms with Gasteiger partial charge in [-0.15, -0.1) is 0 Å². The molecule has 1 aliphatic rings. The average molecular weight is 204 g/mol. The molecule has 2 rings (SSSR count). The summed E-state index contributed by atoms with van der Waals surface area (Å²) in [5.41, 5.74) is 8.70. The lowest BCUT2D eigenvalue weighted by Crippen LogP contribution is -2.45. The van der Waals surface area contributed by atoms with E-state index in [1.54, 1.807) is 0 Å². The summed E-state index contributed by atoms with van der Waals surface area (Å²) in [6.45, 7) is 2.59. The Morgan fingerprint density at radius 1 is 1.53 bits per heavy atom. The Morgan fingerprint density at radius 3 is 3.00 bits per heavy atom. The van der Waals surface area contributed by atoms with Gasteiger partial charge in [-0.1, -0.05) is 19.1 Å². The smallest absolute Gasteiger partial charge is 0.251 e. The van der Waals surface area contributed by atoms with Crippen LogP contribution in [0, 0.1) is 0 Å². The van der Waals surface area contributed by atoms with Crippen molar-refractivity contribution in [1.82, 2.24) is 5.32 Å². The minimum atomic E-state index is 0.0157. The van der Waals surface area contributed by atoms with Crippen molar-refractivity contribution in [3.05, 3.63) is 34.9 Å². The highest BCUT2D eigenvalue weighted by molar-refractivity contribution is 5.97. The summed E-state index contributed by atoms with van der Waals surface area (Å²) in [4.78, 5) is 11.8. The van der Waals surface area contributed by atoms with Crippen LogP contribution in [-0.4, -0.2) is 18.5 Å². The summed E-state index contributed by atoms with van der Waals surface area (Å²) in [5.74, 6) is 0.0157. The van der Waals surface area contributed by atoms with E-state index in [0.717, 1.165) is 24.0 Å². The van der Waals surface area contributed by atoms with E-state index in [1.807, 2.05) is 6.07 Å². The van der Waals surface area contributed by atoms with Gasteiger partial charge in [-0.25, -0.2) is 0 Å². The largest absolute Gasteiger partial charge is 0.348 e. The molecule has 0 aromatic heterocycles. The highest BCUT2D eigenvalue weighted by Crippen LogP contribution is 2.18. The Bertz CT molecular complexity index is 387. The summed E-state index contributed by atoms with van der Waals surface area (Å²) >= 11 is 0. The molecular formula is C12H16N2O. The Morgan fingerprint density at radius 2 is 2.33 bits per heavy atom. The maximum Gasteiger partial charge on any atom is 0.251 e. The van der Waals surface area contributed by atoms with E-state index < -0.39 is 0 Å². The minimum absolute atomic E-state index is 0.0157. The first-order valence-electron chi connectivity index (χ1n) is 5.37. The van der Waals surface area contributed by atoms with Crippen LogP contribution in [0.25, 0.3) is 0 Å². The molecule has 0 saturated heterocycles. The van der Waals surface area contributed by atoms with E-state index in [1.165, 1.54) is 5.56 Å². The second-order valence-corrected chi connectivity index (χ2v) is 3.96. The number of benzene rings is 1. The maximum absolute atomic E-state index is 11.8. The Kier molecular flexibility index (Phi) is 2.73. The summed E-state index contributed by atoms with van der Waals surface area (Å²) in [6.07, 6.45) is 1.81. The summed E-state index contributed by atoms with van der Waals surface area (Å²) in [5, 5.41) is 2.91. The molecule has 1 heterocycles. The summed E-state index contributed by atoms with van der Waals surface area (Å²) in [6, 6.07) is 6.22. The van der Waals surface area contributed by atoms with Gasteiger partial charge in [0.2, 0.25) is 0 Å². The first-order valence-corrected chi connectivity index (χ1v) is 5.37. The number of nitrogens with one attached hydrogen (secondary N) is 1. The zero-order chi connectivity index (χ0) is 10.8. The molecule has 3 heteroatoms. The third-order valence-electron chi connectivity index (χ3n) is 2.91. The molecule has 3 N–H and O–H groups in total. The zero-order valence-corrected chi connectivity index (χ0v) is 8.92. The van der Waals surface area contributed by atoms with Crippen molar-refractivity contribution in [3.63, 3.8) is 0 Å². The fourth-order valence-corrected chi connectivity index (χ4v) is 1.95. The number of nitrogens with two attached hydrogens (primary N) is 1. The number of fused-ring (bicyclic) bond motifs is 1. The van der Waals surface area contributed by atoms with E-state index in [-0.39, 0.29) is 11.9 Å². The number of amides is 1. The molecule has 0 spiro atoms. The van der Waals surface area contributed by atoms with Crippen LogP contribution in [0.3, 0.4) is 0 Å². The SMILES string of the molecule is CCc1ccc2c(c1)C(=O)NC(CN)C2. The minimum Gasteiger partial charge on any atom is -0.348 e. The average Bonchev–Trinajstić information content (AvgIpc) is 2.28. The van der Waals surface area contributed by atoms with Crippen LogP contribution in [0.5, 0.6) is 0 Å². The molecule has 1 aliphatic heterocycles. The van der Waals surface area contributed by atoms with Gasteiger partial charge in [0.1, 0.15) is 0 Å². The van der Waals surface area contributed by atoms with Crippen LogP contribution in [0.15, 0.2) is 18.2 Å². The van der Waals surface area contributed by atoms with Crippen LogP contribution in [-0.2, 0) is 12.8 Å². The fraction of sp³-hybridized carbons (Fsp3) is 0.417. The second-order valence-electron chi connectivity index (χ2n) is 3.96. The van der Waals surface area contributed by atoms with Crippen LogP contribution < -0.4 is 11.1 Å². The summed E-state index contributed by atoms with van der Waals surface area (Å²) < 4.78 is 0. The van der Waals surface area contributed by atoms with Gasteiger partial charge in [0.05, 0.1) is 0 Å². The zero-order valence-electron chi connectivity index (χ0n) is 8.92. The number of carbonyl (C=O) groups is 1. The maximum atomic E-state index is 11.8. The van der Waals surface area contributed by atoms with Crippen molar-refractivity contribution >= 4 is 5.91 Å². The van der Waals surface area contributed by atoms with E-state index in [2.05, 4.69) is 24.4 Å². The number of aryl methyl sites for hydroxylation is 1. The van der Waals surface area contributed by atoms with Gasteiger partial charge in [0.25, 0.3) is 5.91 Å². The molecule has 1 atom stereocenters. The van der Waals surface area contributed by atoms with Gasteiger partial charge in [-0.2, -0.15) is 0 Å². The van der Waals surface area contributed by atoms with Gasteiger partial charge in [0.15, 0.2) is 0 Å². The van der Waals surface area contributed by atoms with E-state index >= 15 is 0 Å². The molecule has 0 saturated carbocycles. The number of rotatable bonds is 2. The van der Waals surface area contributed by atoms with Gasteiger partial charge in [0, 0.05) is 18.2 Å². The standard InChI is InChI=1S/C12H16N2O/c1-2-8-3-4-9-6-10(7-13)14-12(15)11(9)5-8/h3-5,10H,2,6-7,13H2,1H3,(H,14,15). The third-order valence-corrected chi connectivity index (χ3v) is 2.91. The molecule has 3 nitrogen and oxygen atoms in total. The van der Waals surface area contributed by atoms with Crippen LogP contribution in [0.1, 0.15) is 28.4 Å². The topological polar surface area (TPSA) is 55.1 Å². The second kappa shape index (κ2) is 4.03. The van der Waals surface area contributed by atoms with Crippen molar-refractivity contribution in [1.29, 1.82) is 0 Å². The molecule has 1 amide bonds. The fourth-order valence-electron chi connectivity index (χ4n) is 1.95. The lowest BCUT2D eigenvalue weighted by molar-refractivity contribution is 0.0926. The molecule has 15 heavy (non-hydrogen) atoms. The quantitative estimate of drug-likeness (QED) is 0.750. The van der Waals surface area contributed by atoms with Crippen LogP contribution in [0.4, 0.5) is 0 Å². The highest BCUT2D eigenvalue weighted by atomic mass is 16.1. The van der Waals surface area contributed by atoms with E-state index in [4.69, 9.17) is 5.73 Å². The van der Waals surface area contributed by atoms with Crippen molar-refractivity contribution in [2.75, 3.05) is 6.54 Å². The molecule has 0 radical (unpaired) electrons. The lowest BCUT2D eigenvalue weighted by Gasteiger charge is -2.24. The Balaban J connectivity index is 2.37. The first-order chi connectivity index (χ1) is 7.24. The predicted octanol–water partition coefficient (Wildman–Crippen LogP) is 0.862. The molecule has 1 aromatic carbocycles. The van der Waals surface area contributed by atoms with Crippen molar-refractivity contribution in [2.24, 2.45) is 5.73 Å². The van der Waals surface area contributed by atoms with Gasteiger partial charge < -0.3 is 11.1 Å². The number of carbonyl (C=O) groups excluding carboxylic acids is 1. The Hall–Kier alpha value is -1.35. The number of hydrogen-bond acceptors (Lipinski definition) is 2. The lowest BCUT2D eigenvalue weighted by atomic mass is 9.93.